The molecule has 0 heterocycles. The zero-order valence-corrected chi connectivity index (χ0v) is 25.5. The highest BCUT2D eigenvalue weighted by Crippen LogP contribution is 2.14. The first kappa shape index (κ1) is 35.5. The van der Waals surface area contributed by atoms with Gasteiger partial charge in [-0.1, -0.05) is 179 Å². The Morgan fingerprint density at radius 3 is 0.611 bits per heavy atom. The first-order valence-electron chi connectivity index (χ1n) is 17.2. The molecule has 0 radical (unpaired) electrons. The lowest BCUT2D eigenvalue weighted by molar-refractivity contribution is 0.533. The standard InChI is InChI=1S/C36H70/c1-3-5-7-9-11-13-15-17-19-21-23-25-27-29-31-33-35-36-34-32-30-28-26-24-22-20-18-16-14-12-10-8-6-4-2/h23,25,35-36H,3-22,24,26-34H2,1-2H3/b25-23?,36-35+. The van der Waals surface area contributed by atoms with E-state index in [1.54, 1.807) is 0 Å². The van der Waals surface area contributed by atoms with E-state index in [0.717, 1.165) is 0 Å². The van der Waals surface area contributed by atoms with Crippen LogP contribution in [0.4, 0.5) is 0 Å². The second-order valence-corrected chi connectivity index (χ2v) is 11.6. The van der Waals surface area contributed by atoms with Gasteiger partial charge >= 0.3 is 0 Å². The zero-order valence-electron chi connectivity index (χ0n) is 25.5. The summed E-state index contributed by atoms with van der Waals surface area (Å²) in [4.78, 5) is 0. The van der Waals surface area contributed by atoms with Gasteiger partial charge in [-0.25, -0.2) is 0 Å². The molecule has 0 aromatic rings. The van der Waals surface area contributed by atoms with Gasteiger partial charge in [0.25, 0.3) is 0 Å². The molecule has 0 saturated heterocycles. The van der Waals surface area contributed by atoms with Gasteiger partial charge in [0, 0.05) is 0 Å². The molecule has 0 bridgehead atoms. The summed E-state index contributed by atoms with van der Waals surface area (Å²) >= 11 is 0. The van der Waals surface area contributed by atoms with Gasteiger partial charge in [0.05, 0.1) is 0 Å². The molecule has 214 valence electrons. The van der Waals surface area contributed by atoms with Crippen molar-refractivity contribution >= 4 is 0 Å². The highest BCUT2D eigenvalue weighted by Gasteiger charge is 1.94. The lowest BCUT2D eigenvalue weighted by atomic mass is 10.0. The minimum atomic E-state index is 1.28. The summed E-state index contributed by atoms with van der Waals surface area (Å²) in [5.74, 6) is 0. The average Bonchev–Trinajstić information content (AvgIpc) is 2.89. The van der Waals surface area contributed by atoms with Crippen molar-refractivity contribution in [2.24, 2.45) is 0 Å². The van der Waals surface area contributed by atoms with Crippen LogP contribution in [0.5, 0.6) is 0 Å². The van der Waals surface area contributed by atoms with Crippen LogP contribution in [0.25, 0.3) is 0 Å². The third-order valence-electron chi connectivity index (χ3n) is 7.77. The number of allylic oxidation sites excluding steroid dienone is 4. The minimum Gasteiger partial charge on any atom is -0.0885 e. The summed E-state index contributed by atoms with van der Waals surface area (Å²) in [5, 5.41) is 0. The molecule has 0 atom stereocenters. The minimum absolute atomic E-state index is 1.28. The monoisotopic (exact) mass is 503 g/mol. The van der Waals surface area contributed by atoms with E-state index in [4.69, 9.17) is 0 Å². The number of hydrogen-bond acceptors (Lipinski definition) is 0. The van der Waals surface area contributed by atoms with E-state index in [1.165, 1.54) is 193 Å². The molecule has 0 aromatic carbocycles. The Labute approximate surface area is 230 Å². The lowest BCUT2D eigenvalue weighted by Gasteiger charge is -2.03. The van der Waals surface area contributed by atoms with Gasteiger partial charge in [-0.3, -0.25) is 0 Å². The molecule has 0 rings (SSSR count). The van der Waals surface area contributed by atoms with Crippen LogP contribution in [0, 0.1) is 0 Å². The Kier molecular flexibility index (Phi) is 34.0. The van der Waals surface area contributed by atoms with E-state index >= 15 is 0 Å². The molecule has 0 fully saturated rings. The maximum atomic E-state index is 2.45. The van der Waals surface area contributed by atoms with Crippen LogP contribution in [0.2, 0.25) is 0 Å². The SMILES string of the molecule is CCCCCCCCCCCC=CCCCC/C=C/CCCCCCCCCCCCCCCCC. The van der Waals surface area contributed by atoms with Crippen molar-refractivity contribution in [3.63, 3.8) is 0 Å². The summed E-state index contributed by atoms with van der Waals surface area (Å²) < 4.78 is 0. The molecule has 0 aliphatic carbocycles. The summed E-state index contributed by atoms with van der Waals surface area (Å²) in [6.07, 6.45) is 52.4. The van der Waals surface area contributed by atoms with Crippen molar-refractivity contribution in [3.05, 3.63) is 24.3 Å². The van der Waals surface area contributed by atoms with Crippen LogP contribution in [0.15, 0.2) is 24.3 Å². The molecule has 36 heavy (non-hydrogen) atoms. The van der Waals surface area contributed by atoms with E-state index in [9.17, 15) is 0 Å². The molecule has 0 saturated carbocycles. The molecule has 0 nitrogen and oxygen atoms in total. The molecule has 0 aromatic heterocycles. The van der Waals surface area contributed by atoms with Gasteiger partial charge in [0.15, 0.2) is 0 Å². The van der Waals surface area contributed by atoms with Gasteiger partial charge in [-0.2, -0.15) is 0 Å². The molecule has 0 aliphatic rings. The smallest absolute Gasteiger partial charge is 0.0351 e. The lowest BCUT2D eigenvalue weighted by Crippen LogP contribution is -1.83. The van der Waals surface area contributed by atoms with Crippen molar-refractivity contribution in [1.82, 2.24) is 0 Å². The molecule has 0 aliphatic heterocycles. The van der Waals surface area contributed by atoms with Crippen LogP contribution in [0.3, 0.4) is 0 Å². The fourth-order valence-corrected chi connectivity index (χ4v) is 5.20. The number of rotatable bonds is 31. The van der Waals surface area contributed by atoms with Gasteiger partial charge in [-0.15, -0.1) is 0 Å². The first-order valence-corrected chi connectivity index (χ1v) is 17.2. The Balaban J connectivity index is 3.13. The normalized spacial score (nSPS) is 11.9. The molecule has 0 amide bonds. The largest absolute Gasteiger partial charge is 0.0885 e. The Hall–Kier alpha value is -0.520. The summed E-state index contributed by atoms with van der Waals surface area (Å²) in [6.45, 7) is 4.60. The zero-order chi connectivity index (χ0) is 26.0. The van der Waals surface area contributed by atoms with Crippen molar-refractivity contribution in [2.75, 3.05) is 0 Å². The molecule has 0 unspecified atom stereocenters. The second-order valence-electron chi connectivity index (χ2n) is 11.6. The van der Waals surface area contributed by atoms with E-state index in [1.807, 2.05) is 0 Å². The highest BCUT2D eigenvalue weighted by molar-refractivity contribution is 4.84. The number of hydrogen-bond donors (Lipinski definition) is 0. The average molecular weight is 503 g/mol. The molecular weight excluding hydrogens is 432 g/mol. The molecule has 0 spiro atoms. The van der Waals surface area contributed by atoms with E-state index in [-0.39, 0.29) is 0 Å². The third-order valence-corrected chi connectivity index (χ3v) is 7.77. The van der Waals surface area contributed by atoms with Gasteiger partial charge < -0.3 is 0 Å². The topological polar surface area (TPSA) is 0 Å². The quantitative estimate of drug-likeness (QED) is 0.0653. The first-order chi connectivity index (χ1) is 17.9. The predicted octanol–water partition coefficient (Wildman–Crippen LogP) is 13.8. The summed E-state index contributed by atoms with van der Waals surface area (Å²) in [5.41, 5.74) is 0. The van der Waals surface area contributed by atoms with Crippen LogP contribution in [0.1, 0.15) is 206 Å². The van der Waals surface area contributed by atoms with Crippen molar-refractivity contribution in [1.29, 1.82) is 0 Å². The summed E-state index contributed by atoms with van der Waals surface area (Å²) in [7, 11) is 0. The third kappa shape index (κ3) is 33.5. The summed E-state index contributed by atoms with van der Waals surface area (Å²) in [6, 6.07) is 0. The van der Waals surface area contributed by atoms with Crippen LogP contribution >= 0.6 is 0 Å². The molecular formula is C36H70. The Bertz CT molecular complexity index is 418. The maximum absolute atomic E-state index is 2.45. The fourth-order valence-electron chi connectivity index (χ4n) is 5.20. The van der Waals surface area contributed by atoms with Gasteiger partial charge in [0.1, 0.15) is 0 Å². The van der Waals surface area contributed by atoms with Crippen LogP contribution in [-0.4, -0.2) is 0 Å². The van der Waals surface area contributed by atoms with Crippen molar-refractivity contribution in [2.45, 2.75) is 206 Å². The van der Waals surface area contributed by atoms with Gasteiger partial charge in [-0.05, 0) is 51.4 Å². The van der Waals surface area contributed by atoms with E-state index in [2.05, 4.69) is 38.2 Å². The molecule has 0 N–H and O–H groups in total. The van der Waals surface area contributed by atoms with Crippen LogP contribution in [-0.2, 0) is 0 Å². The predicted molar refractivity (Wildman–Crippen MR) is 168 cm³/mol. The van der Waals surface area contributed by atoms with Crippen molar-refractivity contribution < 1.29 is 0 Å². The maximum Gasteiger partial charge on any atom is -0.0351 e. The van der Waals surface area contributed by atoms with E-state index < -0.39 is 0 Å². The Morgan fingerprint density at radius 1 is 0.222 bits per heavy atom. The van der Waals surface area contributed by atoms with E-state index in [0.29, 0.717) is 0 Å². The molecule has 0 heteroatoms. The fraction of sp³-hybridized carbons (Fsp3) is 0.889. The van der Waals surface area contributed by atoms with Gasteiger partial charge in [0.2, 0.25) is 0 Å². The second kappa shape index (κ2) is 34.5. The number of unbranched alkanes of at least 4 members (excludes halogenated alkanes) is 27. The van der Waals surface area contributed by atoms with Crippen LogP contribution < -0.4 is 0 Å². The Morgan fingerprint density at radius 2 is 0.389 bits per heavy atom. The van der Waals surface area contributed by atoms with Crippen molar-refractivity contribution in [3.8, 4) is 0 Å². The highest BCUT2D eigenvalue weighted by atomic mass is 14.0.